The van der Waals surface area contributed by atoms with E-state index in [9.17, 15) is 35.3 Å². The third-order valence-corrected chi connectivity index (χ3v) is 1.97. The van der Waals surface area contributed by atoms with Crippen molar-refractivity contribution < 1.29 is 47.2 Å². The van der Waals surface area contributed by atoms with E-state index in [2.05, 4.69) is 0 Å². The first-order valence-electron chi connectivity index (χ1n) is 6.00. The molecule has 3 nitrogen and oxygen atoms in total. The number of nitrogens with zero attached hydrogens (tertiary/aromatic N) is 1. The molecule has 0 N–H and O–H groups in total. The summed E-state index contributed by atoms with van der Waals surface area (Å²) in [7, 11) is -10.7. The molecule has 137 valence electrons. The van der Waals surface area contributed by atoms with Crippen LogP contribution in [-0.4, -0.2) is 4.92 Å². The number of nitro groups is 1. The van der Waals surface area contributed by atoms with Gasteiger partial charge in [-0.2, -0.15) is 0 Å². The summed E-state index contributed by atoms with van der Waals surface area (Å²) >= 11 is 0. The molecular weight excluding hydrogens is 403 g/mol. The monoisotopic (exact) mass is 417 g/mol. The van der Waals surface area contributed by atoms with Gasteiger partial charge in [-0.3, -0.25) is 10.1 Å². The largest absolute Gasteiger partial charge is 2.00 e. The number of hydrogen-bond acceptors (Lipinski definition) is 2. The van der Waals surface area contributed by atoms with E-state index >= 15 is 0 Å². The van der Waals surface area contributed by atoms with Gasteiger partial charge in [0.2, 0.25) is 0 Å². The summed E-state index contributed by atoms with van der Waals surface area (Å²) in [6.07, 6.45) is 10.0. The molecule has 0 aromatic heterocycles. The van der Waals surface area contributed by atoms with Crippen molar-refractivity contribution in [3.8, 4) is 0 Å². The zero-order chi connectivity index (χ0) is 18.4. The van der Waals surface area contributed by atoms with Crippen molar-refractivity contribution in [3.05, 3.63) is 71.5 Å². The SMILES string of the molecule is Cc1cc(C)cc([N+](=O)[O-])c1.F[P-](F)(F)(F)(F)F.[CH]1[CH][CH][CH][CH]1.[Fe+2]. The topological polar surface area (TPSA) is 43.1 Å². The molecule has 1 aliphatic carbocycles. The zero-order valence-corrected chi connectivity index (χ0v) is 14.4. The molecule has 0 amide bonds. The Labute approximate surface area is 146 Å². The fourth-order valence-electron chi connectivity index (χ4n) is 1.38. The Hall–Kier alpha value is -0.851. The Morgan fingerprint density at radius 2 is 1.04 bits per heavy atom. The van der Waals surface area contributed by atoms with Gasteiger partial charge in [0.15, 0.2) is 0 Å². The second kappa shape index (κ2) is 8.50. The van der Waals surface area contributed by atoms with E-state index in [0.29, 0.717) is 0 Å². The number of aryl methyl sites for hydroxylation is 2. The number of nitro benzene ring substituents is 1. The normalized spacial score (nSPS) is 16.2. The van der Waals surface area contributed by atoms with Crippen LogP contribution in [0.2, 0.25) is 0 Å². The molecule has 11 heteroatoms. The summed E-state index contributed by atoms with van der Waals surface area (Å²) in [5.74, 6) is 0. The van der Waals surface area contributed by atoms with Gasteiger partial charge in [-0.15, -0.1) is 0 Å². The van der Waals surface area contributed by atoms with Crippen molar-refractivity contribution in [2.24, 2.45) is 0 Å². The number of rotatable bonds is 1. The Balaban J connectivity index is 0. The molecule has 2 rings (SSSR count). The van der Waals surface area contributed by atoms with Crippen molar-refractivity contribution in [1.82, 2.24) is 0 Å². The van der Waals surface area contributed by atoms with Crippen LogP contribution in [-0.2, 0) is 17.1 Å². The van der Waals surface area contributed by atoms with E-state index in [4.69, 9.17) is 0 Å². The van der Waals surface area contributed by atoms with Gasteiger partial charge in [0, 0.05) is 12.1 Å². The average molecular weight is 417 g/mol. The molecule has 0 spiro atoms. The van der Waals surface area contributed by atoms with Gasteiger partial charge in [0.25, 0.3) is 5.69 Å². The van der Waals surface area contributed by atoms with Crippen molar-refractivity contribution in [2.75, 3.05) is 0 Å². The summed E-state index contributed by atoms with van der Waals surface area (Å²) in [6.45, 7) is 3.69. The van der Waals surface area contributed by atoms with Crippen molar-refractivity contribution in [3.63, 3.8) is 0 Å². The molecule has 1 fully saturated rings. The van der Waals surface area contributed by atoms with Gasteiger partial charge in [-0.25, -0.2) is 0 Å². The van der Waals surface area contributed by atoms with Gasteiger partial charge in [0.05, 0.1) is 4.92 Å². The van der Waals surface area contributed by atoms with E-state index in [0.717, 1.165) is 11.1 Å². The predicted molar refractivity (Wildman–Crippen MR) is 77.6 cm³/mol. The van der Waals surface area contributed by atoms with Crippen molar-refractivity contribution in [2.45, 2.75) is 13.8 Å². The summed E-state index contributed by atoms with van der Waals surface area (Å²) in [6, 6.07) is 5.03. The van der Waals surface area contributed by atoms with E-state index in [1.165, 1.54) is 0 Å². The summed E-state index contributed by atoms with van der Waals surface area (Å²) in [5, 5.41) is 10.3. The average Bonchev–Trinajstić information content (AvgIpc) is 2.81. The zero-order valence-electron chi connectivity index (χ0n) is 12.5. The van der Waals surface area contributed by atoms with E-state index < -0.39 is 7.81 Å². The fraction of sp³-hybridized carbons (Fsp3) is 0.154. The minimum atomic E-state index is -10.7. The maximum absolute atomic E-state index is 10.7. The molecule has 0 saturated heterocycles. The Kier molecular flexibility index (Phi) is 8.99. The van der Waals surface area contributed by atoms with Gasteiger partial charge in [-0.1, -0.05) is 6.07 Å². The van der Waals surface area contributed by atoms with Crippen LogP contribution in [0.25, 0.3) is 0 Å². The van der Waals surface area contributed by atoms with Gasteiger partial charge in [-0.05, 0) is 57.1 Å². The van der Waals surface area contributed by atoms with E-state index in [1.807, 2.05) is 52.0 Å². The summed E-state index contributed by atoms with van der Waals surface area (Å²) < 4.78 is 59.2. The third-order valence-electron chi connectivity index (χ3n) is 1.97. The Bertz CT molecular complexity index is 507. The van der Waals surface area contributed by atoms with Crippen LogP contribution in [0.15, 0.2) is 18.2 Å². The fourth-order valence-corrected chi connectivity index (χ4v) is 1.38. The Morgan fingerprint density at radius 1 is 0.792 bits per heavy atom. The van der Waals surface area contributed by atoms with E-state index in [1.54, 1.807) is 12.1 Å². The molecule has 0 bridgehead atoms. The molecule has 1 aromatic rings. The second-order valence-corrected chi connectivity index (χ2v) is 6.44. The van der Waals surface area contributed by atoms with Crippen molar-refractivity contribution >= 4 is 13.5 Å². The van der Waals surface area contributed by atoms with Gasteiger partial charge < -0.3 is 0 Å². The minimum Gasteiger partial charge on any atom is -0.0312 e. The first-order valence-corrected chi connectivity index (χ1v) is 8.03. The molecule has 1 saturated carbocycles. The Morgan fingerprint density at radius 3 is 1.25 bits per heavy atom. The van der Waals surface area contributed by atoms with Crippen LogP contribution in [0, 0.1) is 56.1 Å². The molecule has 1 aromatic carbocycles. The van der Waals surface area contributed by atoms with Crippen LogP contribution in [0.4, 0.5) is 30.9 Å². The number of benzene rings is 1. The van der Waals surface area contributed by atoms with Crippen LogP contribution in [0.3, 0.4) is 0 Å². The molecule has 24 heavy (non-hydrogen) atoms. The standard InChI is InChI=1S/C8H9NO2.C5H5.F6P.Fe/c1-6-3-7(2)5-8(4-6)9(10)11;1-2-4-5-3-1;1-7(2,3,4,5)6;/h3-5H,1-2H3;1-5H;;/q;;-1;+2. The van der Waals surface area contributed by atoms with Crippen molar-refractivity contribution in [1.29, 1.82) is 0 Å². The first kappa shape index (κ1) is 25.4. The molecule has 0 aliphatic heterocycles. The maximum atomic E-state index is 10.3. The maximum Gasteiger partial charge on any atom is 2.00 e. The van der Waals surface area contributed by atoms with Crippen LogP contribution in [0.5, 0.6) is 0 Å². The third kappa shape index (κ3) is 21.1. The minimum absolute atomic E-state index is 0. The van der Waals surface area contributed by atoms with Gasteiger partial charge >= 0.3 is 50.1 Å². The first-order chi connectivity index (χ1) is 10.0. The second-order valence-electron chi connectivity index (χ2n) is 4.52. The number of non-ortho nitro benzene ring substituents is 1. The number of hydrogen-bond donors (Lipinski definition) is 0. The predicted octanol–water partition coefficient (Wildman–Crippen LogP) is 6.61. The quantitative estimate of drug-likeness (QED) is 0.170. The molecule has 0 heterocycles. The molecule has 1 aliphatic rings. The van der Waals surface area contributed by atoms with Gasteiger partial charge in [0.1, 0.15) is 0 Å². The van der Waals surface area contributed by atoms with Crippen LogP contribution < -0.4 is 0 Å². The van der Waals surface area contributed by atoms with E-state index in [-0.39, 0.29) is 27.7 Å². The smallest absolute Gasteiger partial charge is 0.0312 e. The summed E-state index contributed by atoms with van der Waals surface area (Å²) in [4.78, 5) is 9.94. The summed E-state index contributed by atoms with van der Waals surface area (Å²) in [5.41, 5.74) is 2.02. The molecule has 0 atom stereocenters. The molecule has 0 unspecified atom stereocenters. The molecule has 5 radical (unpaired) electrons. The number of halogens is 6. The van der Waals surface area contributed by atoms with Crippen LogP contribution >= 0.6 is 7.81 Å². The van der Waals surface area contributed by atoms with Crippen LogP contribution in [0.1, 0.15) is 11.1 Å². The molecular formula is C13H14F6FeNO2P+.